The summed E-state index contributed by atoms with van der Waals surface area (Å²) in [5.74, 6) is -1.29. The van der Waals surface area contributed by atoms with E-state index in [-0.39, 0.29) is 24.2 Å². The van der Waals surface area contributed by atoms with Gasteiger partial charge in [-0.2, -0.15) is 0 Å². The normalized spacial score (nSPS) is 20.8. The van der Waals surface area contributed by atoms with E-state index >= 15 is 0 Å². The molecule has 2 aliphatic heterocycles. The SMILES string of the molecule is Cc1ccc2c(c1)C1(SC(C)(C)CN1C(=O)c1ccc(F)cc1)C(=O)N2Cc1ccc(F)cc1. The highest BCUT2D eigenvalue weighted by Crippen LogP contribution is 2.60. The average molecular weight is 479 g/mol. The second-order valence-electron chi connectivity index (χ2n) is 9.44. The predicted octanol–water partition coefficient (Wildman–Crippen LogP) is 5.64. The number of halogens is 2. The van der Waals surface area contributed by atoms with E-state index in [9.17, 15) is 18.4 Å². The van der Waals surface area contributed by atoms with E-state index in [0.717, 1.165) is 22.4 Å². The van der Waals surface area contributed by atoms with Crippen LogP contribution in [0.3, 0.4) is 0 Å². The average Bonchev–Trinajstić information content (AvgIpc) is 3.21. The molecule has 2 heterocycles. The molecule has 34 heavy (non-hydrogen) atoms. The molecule has 2 amide bonds. The number of hydrogen-bond acceptors (Lipinski definition) is 3. The van der Waals surface area contributed by atoms with Gasteiger partial charge in [-0.3, -0.25) is 9.59 Å². The van der Waals surface area contributed by atoms with Crippen LogP contribution in [0.5, 0.6) is 0 Å². The molecule has 0 N–H and O–H groups in total. The molecule has 4 nitrogen and oxygen atoms in total. The van der Waals surface area contributed by atoms with Gasteiger partial charge in [0.2, 0.25) is 0 Å². The topological polar surface area (TPSA) is 40.6 Å². The van der Waals surface area contributed by atoms with Crippen LogP contribution in [0.4, 0.5) is 14.5 Å². The molecule has 2 aliphatic rings. The molecule has 1 unspecified atom stereocenters. The molecule has 174 valence electrons. The van der Waals surface area contributed by atoms with Crippen molar-refractivity contribution in [2.24, 2.45) is 0 Å². The monoisotopic (exact) mass is 478 g/mol. The summed E-state index contributed by atoms with van der Waals surface area (Å²) >= 11 is 1.47. The number of hydrogen-bond donors (Lipinski definition) is 0. The van der Waals surface area contributed by atoms with Crippen LogP contribution in [0.2, 0.25) is 0 Å². The van der Waals surface area contributed by atoms with Crippen LogP contribution in [0.1, 0.15) is 40.9 Å². The van der Waals surface area contributed by atoms with Gasteiger partial charge in [-0.25, -0.2) is 8.78 Å². The molecule has 0 aliphatic carbocycles. The number of amides is 2. The van der Waals surface area contributed by atoms with Crippen molar-refractivity contribution in [2.75, 3.05) is 11.4 Å². The largest absolute Gasteiger partial charge is 0.310 e. The van der Waals surface area contributed by atoms with Gasteiger partial charge in [0.1, 0.15) is 11.6 Å². The summed E-state index contributed by atoms with van der Waals surface area (Å²) < 4.78 is 26.6. The lowest BCUT2D eigenvalue weighted by Crippen LogP contribution is -2.50. The maximum atomic E-state index is 14.2. The lowest BCUT2D eigenvalue weighted by Gasteiger charge is -2.33. The highest BCUT2D eigenvalue weighted by Gasteiger charge is 2.63. The molecule has 0 saturated carbocycles. The molecule has 3 aromatic rings. The summed E-state index contributed by atoms with van der Waals surface area (Å²) in [6.07, 6.45) is 0. The lowest BCUT2D eigenvalue weighted by atomic mass is 10.0. The Morgan fingerprint density at radius 2 is 1.59 bits per heavy atom. The Hall–Kier alpha value is -3.19. The van der Waals surface area contributed by atoms with Gasteiger partial charge < -0.3 is 9.80 Å². The number of benzene rings is 3. The first-order valence-corrected chi connectivity index (χ1v) is 11.9. The van der Waals surface area contributed by atoms with Crippen molar-refractivity contribution in [1.82, 2.24) is 4.90 Å². The second-order valence-corrected chi connectivity index (χ2v) is 11.3. The number of anilines is 1. The third-order valence-corrected chi connectivity index (χ3v) is 7.87. The van der Waals surface area contributed by atoms with E-state index in [0.29, 0.717) is 12.1 Å². The van der Waals surface area contributed by atoms with Crippen molar-refractivity contribution in [3.8, 4) is 0 Å². The van der Waals surface area contributed by atoms with Crippen molar-refractivity contribution in [2.45, 2.75) is 36.9 Å². The van der Waals surface area contributed by atoms with Crippen LogP contribution in [0.15, 0.2) is 66.7 Å². The van der Waals surface area contributed by atoms with Gasteiger partial charge in [0, 0.05) is 22.4 Å². The van der Waals surface area contributed by atoms with Crippen LogP contribution in [-0.4, -0.2) is 28.0 Å². The third-order valence-electron chi connectivity index (χ3n) is 6.28. The van der Waals surface area contributed by atoms with Gasteiger partial charge in [-0.05, 0) is 68.8 Å². The molecule has 1 spiro atoms. The van der Waals surface area contributed by atoms with Crippen molar-refractivity contribution < 1.29 is 18.4 Å². The summed E-state index contributed by atoms with van der Waals surface area (Å²) in [4.78, 5) is 30.0. The minimum absolute atomic E-state index is 0.205. The molecular formula is C27H24F2N2O2S. The molecule has 0 bridgehead atoms. The molecule has 5 rings (SSSR count). The van der Waals surface area contributed by atoms with Gasteiger partial charge in [0.05, 0.1) is 12.2 Å². The molecule has 3 aromatic carbocycles. The number of carbonyl (C=O) groups excluding carboxylic acids is 2. The predicted molar refractivity (Wildman–Crippen MR) is 130 cm³/mol. The van der Waals surface area contributed by atoms with Gasteiger partial charge in [0.15, 0.2) is 4.87 Å². The fraction of sp³-hybridized carbons (Fsp3) is 0.259. The van der Waals surface area contributed by atoms with Gasteiger partial charge in [-0.1, -0.05) is 29.8 Å². The van der Waals surface area contributed by atoms with Crippen molar-refractivity contribution in [3.63, 3.8) is 0 Å². The summed E-state index contributed by atoms with van der Waals surface area (Å²) in [5.41, 5.74) is 3.61. The fourth-order valence-corrected chi connectivity index (χ4v) is 6.52. The van der Waals surface area contributed by atoms with Crippen LogP contribution in [0.25, 0.3) is 0 Å². The maximum Gasteiger partial charge on any atom is 0.268 e. The van der Waals surface area contributed by atoms with Gasteiger partial charge in [0.25, 0.3) is 11.8 Å². The zero-order valence-corrected chi connectivity index (χ0v) is 20.0. The first-order chi connectivity index (χ1) is 16.1. The van der Waals surface area contributed by atoms with Crippen LogP contribution < -0.4 is 4.90 Å². The maximum absolute atomic E-state index is 14.2. The zero-order chi connectivity index (χ0) is 24.3. The minimum atomic E-state index is -1.24. The number of aryl methyl sites for hydroxylation is 1. The van der Waals surface area contributed by atoms with E-state index in [1.165, 1.54) is 48.2 Å². The Labute approximate surface area is 201 Å². The quantitative estimate of drug-likeness (QED) is 0.489. The number of fused-ring (bicyclic) bond motifs is 2. The van der Waals surface area contributed by atoms with E-state index in [2.05, 4.69) is 0 Å². The van der Waals surface area contributed by atoms with Crippen molar-refractivity contribution in [1.29, 1.82) is 0 Å². The van der Waals surface area contributed by atoms with E-state index in [4.69, 9.17) is 0 Å². The number of thioether (sulfide) groups is 1. The van der Waals surface area contributed by atoms with Crippen molar-refractivity contribution >= 4 is 29.3 Å². The third kappa shape index (κ3) is 3.59. The van der Waals surface area contributed by atoms with Crippen LogP contribution in [-0.2, 0) is 16.2 Å². The number of nitrogens with zero attached hydrogens (tertiary/aromatic N) is 2. The standard InChI is InChI=1S/C27H24F2N2O2S/c1-17-4-13-23-22(14-17)27(25(33)30(23)15-18-5-9-20(28)10-6-18)31(16-26(2,3)34-27)24(32)19-7-11-21(29)12-8-19/h4-14H,15-16H2,1-3H3. The van der Waals surface area contributed by atoms with Gasteiger partial charge >= 0.3 is 0 Å². The smallest absolute Gasteiger partial charge is 0.268 e. The molecule has 0 aromatic heterocycles. The zero-order valence-electron chi connectivity index (χ0n) is 19.1. The fourth-order valence-electron chi connectivity index (χ4n) is 4.80. The lowest BCUT2D eigenvalue weighted by molar-refractivity contribution is -0.123. The summed E-state index contributed by atoms with van der Waals surface area (Å²) in [5, 5.41) is 0. The summed E-state index contributed by atoms with van der Waals surface area (Å²) in [7, 11) is 0. The number of carbonyl (C=O) groups is 2. The van der Waals surface area contributed by atoms with E-state index in [1.54, 1.807) is 21.9 Å². The number of rotatable bonds is 3. The molecule has 1 fully saturated rings. The second kappa shape index (κ2) is 7.94. The Bertz CT molecular complexity index is 1290. The first-order valence-electron chi connectivity index (χ1n) is 11.1. The van der Waals surface area contributed by atoms with E-state index < -0.39 is 15.4 Å². The Morgan fingerprint density at radius 3 is 2.24 bits per heavy atom. The Balaban J connectivity index is 1.64. The van der Waals surface area contributed by atoms with Crippen molar-refractivity contribution in [3.05, 3.63) is 101 Å². The summed E-state index contributed by atoms with van der Waals surface area (Å²) in [6.45, 7) is 6.61. The summed E-state index contributed by atoms with van der Waals surface area (Å²) in [6, 6.07) is 17.3. The molecule has 0 radical (unpaired) electrons. The highest BCUT2D eigenvalue weighted by molar-refractivity contribution is 8.02. The first kappa shape index (κ1) is 22.6. The molecular weight excluding hydrogens is 454 g/mol. The van der Waals surface area contributed by atoms with Gasteiger partial charge in [-0.15, -0.1) is 11.8 Å². The Morgan fingerprint density at radius 1 is 0.971 bits per heavy atom. The minimum Gasteiger partial charge on any atom is -0.310 e. The molecule has 1 saturated heterocycles. The van der Waals surface area contributed by atoms with E-state index in [1.807, 2.05) is 39.0 Å². The van der Waals surface area contributed by atoms with Crippen LogP contribution >= 0.6 is 11.8 Å². The van der Waals surface area contributed by atoms with Crippen LogP contribution in [0, 0.1) is 18.6 Å². The highest BCUT2D eigenvalue weighted by atomic mass is 32.2. The molecule has 1 atom stereocenters. The Kier molecular flexibility index (Phi) is 5.28. The molecule has 7 heteroatoms.